The zero-order valence-electron chi connectivity index (χ0n) is 13.6. The summed E-state index contributed by atoms with van der Waals surface area (Å²) >= 11 is 0. The van der Waals surface area contributed by atoms with Gasteiger partial charge < -0.3 is 15.2 Å². The molecule has 1 atom stereocenters. The van der Waals surface area contributed by atoms with E-state index < -0.39 is 11.9 Å². The SMILES string of the molecule is COc1ccc(C[C@@H](CC(=O)NCc2ccccc2)C(=O)O)cc1. The molecule has 0 radical (unpaired) electrons. The van der Waals surface area contributed by atoms with Crippen molar-refractivity contribution in [2.45, 2.75) is 19.4 Å². The molecular weight excluding hydrogens is 306 g/mol. The van der Waals surface area contributed by atoms with Crippen LogP contribution in [0.15, 0.2) is 54.6 Å². The fourth-order valence-corrected chi connectivity index (χ4v) is 2.39. The highest BCUT2D eigenvalue weighted by atomic mass is 16.5. The minimum atomic E-state index is -0.972. The lowest BCUT2D eigenvalue weighted by molar-refractivity contribution is -0.144. The molecule has 0 aliphatic carbocycles. The van der Waals surface area contributed by atoms with E-state index in [4.69, 9.17) is 4.74 Å². The van der Waals surface area contributed by atoms with Gasteiger partial charge in [0.2, 0.25) is 5.91 Å². The lowest BCUT2D eigenvalue weighted by Crippen LogP contribution is -2.29. The van der Waals surface area contributed by atoms with Gasteiger partial charge in [0.1, 0.15) is 5.75 Å². The van der Waals surface area contributed by atoms with Crippen LogP contribution < -0.4 is 10.1 Å². The van der Waals surface area contributed by atoms with Crippen molar-refractivity contribution in [3.63, 3.8) is 0 Å². The van der Waals surface area contributed by atoms with E-state index in [2.05, 4.69) is 5.32 Å². The Kier molecular flexibility index (Phi) is 6.37. The van der Waals surface area contributed by atoms with Crippen LogP contribution in [-0.4, -0.2) is 24.1 Å². The molecule has 2 aromatic carbocycles. The molecule has 1 amide bonds. The van der Waals surface area contributed by atoms with Crippen LogP contribution in [0.5, 0.6) is 5.75 Å². The Morgan fingerprint density at radius 1 is 1.04 bits per heavy atom. The number of nitrogens with one attached hydrogen (secondary N) is 1. The van der Waals surface area contributed by atoms with Crippen molar-refractivity contribution >= 4 is 11.9 Å². The number of hydrogen-bond donors (Lipinski definition) is 2. The number of ether oxygens (including phenoxy) is 1. The second-order valence-electron chi connectivity index (χ2n) is 5.55. The van der Waals surface area contributed by atoms with Gasteiger partial charge in [0, 0.05) is 13.0 Å². The van der Waals surface area contributed by atoms with Crippen LogP contribution >= 0.6 is 0 Å². The van der Waals surface area contributed by atoms with Crippen molar-refractivity contribution in [1.82, 2.24) is 5.32 Å². The van der Waals surface area contributed by atoms with Gasteiger partial charge >= 0.3 is 5.97 Å². The predicted molar refractivity (Wildman–Crippen MR) is 90.7 cm³/mol. The highest BCUT2D eigenvalue weighted by Gasteiger charge is 2.21. The van der Waals surface area contributed by atoms with Crippen molar-refractivity contribution in [1.29, 1.82) is 0 Å². The number of carbonyl (C=O) groups excluding carboxylic acids is 1. The molecule has 126 valence electrons. The summed E-state index contributed by atoms with van der Waals surface area (Å²) in [5, 5.41) is 12.1. The van der Waals surface area contributed by atoms with E-state index in [-0.39, 0.29) is 12.3 Å². The van der Waals surface area contributed by atoms with Crippen molar-refractivity contribution in [3.05, 3.63) is 65.7 Å². The van der Waals surface area contributed by atoms with Crippen LogP contribution in [0.2, 0.25) is 0 Å². The van der Waals surface area contributed by atoms with E-state index in [1.165, 1.54) is 0 Å². The summed E-state index contributed by atoms with van der Waals surface area (Å²) < 4.78 is 5.08. The summed E-state index contributed by atoms with van der Waals surface area (Å²) in [6.07, 6.45) is 0.256. The summed E-state index contributed by atoms with van der Waals surface area (Å²) in [5.41, 5.74) is 1.84. The van der Waals surface area contributed by atoms with Crippen LogP contribution in [0.4, 0.5) is 0 Å². The zero-order valence-corrected chi connectivity index (χ0v) is 13.6. The van der Waals surface area contributed by atoms with Gasteiger partial charge in [-0.05, 0) is 29.7 Å². The average molecular weight is 327 g/mol. The first-order chi connectivity index (χ1) is 11.6. The van der Waals surface area contributed by atoms with Crippen molar-refractivity contribution in [2.24, 2.45) is 5.92 Å². The van der Waals surface area contributed by atoms with Gasteiger partial charge in [-0.3, -0.25) is 9.59 Å². The van der Waals surface area contributed by atoms with E-state index >= 15 is 0 Å². The summed E-state index contributed by atoms with van der Waals surface area (Å²) in [4.78, 5) is 23.5. The van der Waals surface area contributed by atoms with Crippen LogP contribution in [0.25, 0.3) is 0 Å². The lowest BCUT2D eigenvalue weighted by Gasteiger charge is -2.13. The van der Waals surface area contributed by atoms with Crippen LogP contribution in [0.1, 0.15) is 17.5 Å². The van der Waals surface area contributed by atoms with Crippen molar-refractivity contribution in [2.75, 3.05) is 7.11 Å². The number of carbonyl (C=O) groups is 2. The number of carboxylic acids is 1. The van der Waals surface area contributed by atoms with E-state index in [1.807, 2.05) is 42.5 Å². The molecule has 0 aliphatic rings. The highest BCUT2D eigenvalue weighted by molar-refractivity contribution is 5.82. The minimum Gasteiger partial charge on any atom is -0.497 e. The Labute approximate surface area is 141 Å². The molecule has 0 aliphatic heterocycles. The predicted octanol–water partition coefficient (Wildman–Crippen LogP) is 2.65. The summed E-state index contributed by atoms with van der Waals surface area (Å²) in [5.74, 6) is -1.28. The fraction of sp³-hybridized carbons (Fsp3) is 0.263. The Morgan fingerprint density at radius 3 is 2.29 bits per heavy atom. The third-order valence-electron chi connectivity index (χ3n) is 3.75. The Balaban J connectivity index is 1.90. The van der Waals surface area contributed by atoms with Crippen LogP contribution in [0, 0.1) is 5.92 Å². The summed E-state index contributed by atoms with van der Waals surface area (Å²) in [7, 11) is 1.58. The van der Waals surface area contributed by atoms with Gasteiger partial charge in [-0.15, -0.1) is 0 Å². The van der Waals surface area contributed by atoms with Crippen molar-refractivity contribution in [3.8, 4) is 5.75 Å². The normalized spacial score (nSPS) is 11.5. The molecule has 0 spiro atoms. The second-order valence-corrected chi connectivity index (χ2v) is 5.55. The van der Waals surface area contributed by atoms with Gasteiger partial charge in [0.05, 0.1) is 13.0 Å². The molecule has 0 unspecified atom stereocenters. The molecule has 2 rings (SSSR count). The molecule has 0 bridgehead atoms. The monoisotopic (exact) mass is 327 g/mol. The van der Waals surface area contributed by atoms with Crippen molar-refractivity contribution < 1.29 is 19.4 Å². The lowest BCUT2D eigenvalue weighted by atomic mass is 9.96. The van der Waals surface area contributed by atoms with Gasteiger partial charge in [-0.2, -0.15) is 0 Å². The first kappa shape index (κ1) is 17.5. The smallest absolute Gasteiger partial charge is 0.307 e. The number of methoxy groups -OCH3 is 1. The molecule has 2 aromatic rings. The largest absolute Gasteiger partial charge is 0.497 e. The number of rotatable bonds is 8. The number of benzene rings is 2. The Hall–Kier alpha value is -2.82. The van der Waals surface area contributed by atoms with E-state index in [9.17, 15) is 14.7 Å². The fourth-order valence-electron chi connectivity index (χ4n) is 2.39. The maximum absolute atomic E-state index is 12.0. The maximum atomic E-state index is 12.0. The quantitative estimate of drug-likeness (QED) is 0.781. The molecule has 5 heteroatoms. The zero-order chi connectivity index (χ0) is 17.4. The first-order valence-electron chi connectivity index (χ1n) is 7.75. The molecule has 24 heavy (non-hydrogen) atoms. The van der Waals surface area contributed by atoms with Crippen LogP contribution in [-0.2, 0) is 22.6 Å². The summed E-state index contributed by atoms with van der Waals surface area (Å²) in [6.45, 7) is 0.397. The number of aliphatic carboxylic acids is 1. The number of amides is 1. The molecular formula is C19H21NO4. The molecule has 0 fully saturated rings. The minimum absolute atomic E-state index is 0.0474. The topological polar surface area (TPSA) is 75.6 Å². The summed E-state index contributed by atoms with van der Waals surface area (Å²) in [6, 6.07) is 16.7. The van der Waals surface area contributed by atoms with Gasteiger partial charge in [-0.25, -0.2) is 0 Å². The standard InChI is InChI=1S/C19H21NO4/c1-24-17-9-7-14(8-10-17)11-16(19(22)23)12-18(21)20-13-15-5-3-2-4-6-15/h2-10,16H,11-13H2,1H3,(H,20,21)(H,22,23)/t16-/m0/s1. The van der Waals surface area contributed by atoms with E-state index in [0.29, 0.717) is 18.7 Å². The molecule has 5 nitrogen and oxygen atoms in total. The van der Waals surface area contributed by atoms with Crippen LogP contribution in [0.3, 0.4) is 0 Å². The number of carboxylic acid groups (broad SMARTS) is 1. The third-order valence-corrected chi connectivity index (χ3v) is 3.75. The van der Waals surface area contributed by atoms with Gasteiger partial charge in [0.25, 0.3) is 0 Å². The highest BCUT2D eigenvalue weighted by Crippen LogP contribution is 2.17. The first-order valence-corrected chi connectivity index (χ1v) is 7.75. The molecule has 0 saturated carbocycles. The maximum Gasteiger partial charge on any atom is 0.307 e. The average Bonchev–Trinajstić information content (AvgIpc) is 2.61. The Morgan fingerprint density at radius 2 is 1.71 bits per heavy atom. The van der Waals surface area contributed by atoms with E-state index in [1.54, 1.807) is 19.2 Å². The molecule has 0 heterocycles. The molecule has 0 saturated heterocycles. The number of hydrogen-bond acceptors (Lipinski definition) is 3. The molecule has 2 N–H and O–H groups in total. The molecule has 0 aromatic heterocycles. The van der Waals surface area contributed by atoms with Gasteiger partial charge in [-0.1, -0.05) is 42.5 Å². The van der Waals surface area contributed by atoms with E-state index in [0.717, 1.165) is 11.1 Å². The second kappa shape index (κ2) is 8.72. The van der Waals surface area contributed by atoms with Gasteiger partial charge in [0.15, 0.2) is 0 Å². The Bertz CT molecular complexity index is 668. The third kappa shape index (κ3) is 5.43.